The van der Waals surface area contributed by atoms with Crippen LogP contribution in [-0.2, 0) is 32.5 Å². The van der Waals surface area contributed by atoms with Crippen molar-refractivity contribution in [2.75, 3.05) is 23.1 Å². The van der Waals surface area contributed by atoms with E-state index in [-0.39, 0.29) is 10.8 Å². The minimum absolute atomic E-state index is 0.0319. The minimum atomic E-state index is -3.94. The van der Waals surface area contributed by atoms with Gasteiger partial charge in [0.1, 0.15) is 0 Å². The number of anilines is 2. The quantitative estimate of drug-likeness (QED) is 0.301. The summed E-state index contributed by atoms with van der Waals surface area (Å²) in [5.41, 5.74) is 3.80. The van der Waals surface area contributed by atoms with Gasteiger partial charge in [-0.1, -0.05) is 25.1 Å². The van der Waals surface area contributed by atoms with E-state index in [1.165, 1.54) is 37.4 Å². The summed E-state index contributed by atoms with van der Waals surface area (Å²) in [4.78, 5) is 41.4. The standard InChI is InChI=1S/C29H30N6O5S/c1-4-35-16-14-25-23(17-35)26(22-7-5-6-8-24(22)33-25)28(37)40-19(3)27(36)32-20-9-11-21(12-10-20)41(38,39)34-29-30-15-13-18(2)31-29/h5-13,15,19H,4,14,16-17H2,1-3H3,(H,32,36)(H,30,31,34). The molecular weight excluding hydrogens is 544 g/mol. The van der Waals surface area contributed by atoms with Gasteiger partial charge in [0, 0.05) is 53.7 Å². The van der Waals surface area contributed by atoms with E-state index < -0.39 is 28.0 Å². The van der Waals surface area contributed by atoms with Crippen LogP contribution < -0.4 is 10.0 Å². The molecule has 1 unspecified atom stereocenters. The number of fused-ring (bicyclic) bond motifs is 2. The molecule has 1 amide bonds. The Morgan fingerprint density at radius 2 is 1.83 bits per heavy atom. The number of hydrogen-bond acceptors (Lipinski definition) is 9. The lowest BCUT2D eigenvalue weighted by Crippen LogP contribution is -2.34. The normalized spacial score (nSPS) is 14.2. The molecule has 0 saturated carbocycles. The number of hydrogen-bond donors (Lipinski definition) is 2. The lowest BCUT2D eigenvalue weighted by molar-refractivity contribution is -0.123. The van der Waals surface area contributed by atoms with Gasteiger partial charge in [-0.25, -0.2) is 27.9 Å². The van der Waals surface area contributed by atoms with Crippen molar-refractivity contribution >= 4 is 44.4 Å². The number of para-hydroxylation sites is 1. The Balaban J connectivity index is 1.29. The van der Waals surface area contributed by atoms with Crippen molar-refractivity contribution in [2.24, 2.45) is 0 Å². The summed E-state index contributed by atoms with van der Waals surface area (Å²) >= 11 is 0. The molecular formula is C29H30N6O5S. The third kappa shape index (κ3) is 6.18. The Labute approximate surface area is 238 Å². The first-order chi connectivity index (χ1) is 19.6. The topological polar surface area (TPSA) is 143 Å². The largest absolute Gasteiger partial charge is 0.449 e. The molecule has 0 spiro atoms. The molecule has 2 aromatic heterocycles. The first kappa shape index (κ1) is 28.1. The van der Waals surface area contributed by atoms with Gasteiger partial charge >= 0.3 is 5.97 Å². The molecule has 2 N–H and O–H groups in total. The first-order valence-electron chi connectivity index (χ1n) is 13.2. The van der Waals surface area contributed by atoms with Crippen LogP contribution in [0.2, 0.25) is 0 Å². The second kappa shape index (κ2) is 11.6. The maximum absolute atomic E-state index is 13.5. The monoisotopic (exact) mass is 574 g/mol. The zero-order valence-corrected chi connectivity index (χ0v) is 23.7. The second-order valence-corrected chi connectivity index (χ2v) is 11.4. The smallest absolute Gasteiger partial charge is 0.339 e. The summed E-state index contributed by atoms with van der Waals surface area (Å²) in [5.74, 6) is -1.18. The van der Waals surface area contributed by atoms with Crippen molar-refractivity contribution in [3.63, 3.8) is 0 Å². The van der Waals surface area contributed by atoms with Gasteiger partial charge in [-0.2, -0.15) is 0 Å². The number of pyridine rings is 1. The van der Waals surface area contributed by atoms with Gasteiger partial charge in [0.2, 0.25) is 5.95 Å². The number of carbonyl (C=O) groups excluding carboxylic acids is 2. The van der Waals surface area contributed by atoms with Crippen molar-refractivity contribution in [1.29, 1.82) is 0 Å². The molecule has 1 aliphatic rings. The van der Waals surface area contributed by atoms with Crippen LogP contribution in [0.3, 0.4) is 0 Å². The van der Waals surface area contributed by atoms with Gasteiger partial charge in [-0.15, -0.1) is 0 Å². The number of esters is 1. The van der Waals surface area contributed by atoms with Crippen molar-refractivity contribution in [3.8, 4) is 0 Å². The molecule has 3 heterocycles. The molecule has 0 fully saturated rings. The van der Waals surface area contributed by atoms with Crippen LogP contribution >= 0.6 is 0 Å². The summed E-state index contributed by atoms with van der Waals surface area (Å²) in [5, 5.41) is 3.36. The van der Waals surface area contributed by atoms with E-state index in [0.717, 1.165) is 30.8 Å². The number of nitrogens with one attached hydrogen (secondary N) is 2. The van der Waals surface area contributed by atoms with E-state index >= 15 is 0 Å². The van der Waals surface area contributed by atoms with Gasteiger partial charge in [-0.05, 0) is 56.8 Å². The zero-order valence-electron chi connectivity index (χ0n) is 22.9. The first-order valence-corrected chi connectivity index (χ1v) is 14.7. The highest BCUT2D eigenvalue weighted by Crippen LogP contribution is 2.29. The van der Waals surface area contributed by atoms with Crippen molar-refractivity contribution in [2.45, 2.75) is 44.7 Å². The number of rotatable bonds is 8. The summed E-state index contributed by atoms with van der Waals surface area (Å²) < 4.78 is 33.4. The van der Waals surface area contributed by atoms with Gasteiger partial charge in [-0.3, -0.25) is 14.7 Å². The Kier molecular flexibility index (Phi) is 7.95. The van der Waals surface area contributed by atoms with Crippen molar-refractivity contribution in [3.05, 3.63) is 83.3 Å². The molecule has 0 bridgehead atoms. The fraction of sp³-hybridized carbons (Fsp3) is 0.276. The number of likely N-dealkylation sites (N-methyl/N-ethyl adjacent to an activating group) is 1. The van der Waals surface area contributed by atoms with E-state index in [0.29, 0.717) is 34.4 Å². The lowest BCUT2D eigenvalue weighted by atomic mass is 9.95. The van der Waals surface area contributed by atoms with E-state index in [1.54, 1.807) is 13.0 Å². The highest BCUT2D eigenvalue weighted by molar-refractivity contribution is 7.92. The number of amides is 1. The fourth-order valence-corrected chi connectivity index (χ4v) is 5.61. The van der Waals surface area contributed by atoms with Crippen LogP contribution in [0.15, 0.2) is 65.7 Å². The summed E-state index contributed by atoms with van der Waals surface area (Å²) in [6.45, 7) is 7.57. The van der Waals surface area contributed by atoms with Crippen LogP contribution in [0, 0.1) is 6.92 Å². The Bertz CT molecular complexity index is 1730. The number of carbonyl (C=O) groups is 2. The minimum Gasteiger partial charge on any atom is -0.449 e. The Hall–Kier alpha value is -4.42. The number of aromatic nitrogens is 3. The maximum atomic E-state index is 13.5. The predicted octanol–water partition coefficient (Wildman–Crippen LogP) is 3.70. The molecule has 0 saturated heterocycles. The van der Waals surface area contributed by atoms with Crippen LogP contribution in [0.1, 0.15) is 41.2 Å². The molecule has 4 aromatic rings. The number of aryl methyl sites for hydroxylation is 1. The summed E-state index contributed by atoms with van der Waals surface area (Å²) in [7, 11) is -3.94. The molecule has 12 heteroatoms. The maximum Gasteiger partial charge on any atom is 0.339 e. The molecule has 1 atom stereocenters. The van der Waals surface area contributed by atoms with Crippen LogP contribution in [0.4, 0.5) is 11.6 Å². The molecule has 1 aliphatic heterocycles. The Morgan fingerprint density at radius 3 is 2.56 bits per heavy atom. The molecule has 0 radical (unpaired) electrons. The SMILES string of the molecule is CCN1CCc2nc3ccccc3c(C(=O)OC(C)C(=O)Nc3ccc(S(=O)(=O)Nc4nccc(C)n4)cc3)c2C1. The fourth-order valence-electron chi connectivity index (χ4n) is 4.66. The molecule has 11 nitrogen and oxygen atoms in total. The number of sulfonamides is 1. The van der Waals surface area contributed by atoms with Crippen LogP contribution in [0.25, 0.3) is 10.9 Å². The molecule has 41 heavy (non-hydrogen) atoms. The van der Waals surface area contributed by atoms with E-state index in [2.05, 4.69) is 31.8 Å². The molecule has 0 aliphatic carbocycles. The molecule has 2 aromatic carbocycles. The number of ether oxygens (including phenoxy) is 1. The third-order valence-corrected chi connectivity index (χ3v) is 8.23. The summed E-state index contributed by atoms with van der Waals surface area (Å²) in [6, 6.07) is 14.7. The number of benzene rings is 2. The van der Waals surface area contributed by atoms with Crippen LogP contribution in [0.5, 0.6) is 0 Å². The van der Waals surface area contributed by atoms with Gasteiger partial charge < -0.3 is 10.1 Å². The van der Waals surface area contributed by atoms with E-state index in [9.17, 15) is 18.0 Å². The van der Waals surface area contributed by atoms with E-state index in [1.807, 2.05) is 24.3 Å². The summed E-state index contributed by atoms with van der Waals surface area (Å²) in [6.07, 6.45) is 1.07. The highest BCUT2D eigenvalue weighted by Gasteiger charge is 2.28. The van der Waals surface area contributed by atoms with Crippen molar-refractivity contribution < 1.29 is 22.7 Å². The highest BCUT2D eigenvalue weighted by atomic mass is 32.2. The van der Waals surface area contributed by atoms with Crippen molar-refractivity contribution in [1.82, 2.24) is 19.9 Å². The lowest BCUT2D eigenvalue weighted by Gasteiger charge is -2.29. The third-order valence-electron chi connectivity index (χ3n) is 6.88. The van der Waals surface area contributed by atoms with Gasteiger partial charge in [0.25, 0.3) is 15.9 Å². The predicted molar refractivity (Wildman–Crippen MR) is 154 cm³/mol. The van der Waals surface area contributed by atoms with Gasteiger partial charge in [0.05, 0.1) is 16.0 Å². The average molecular weight is 575 g/mol. The van der Waals surface area contributed by atoms with Gasteiger partial charge in [0.15, 0.2) is 6.10 Å². The Morgan fingerprint density at radius 1 is 1.07 bits per heavy atom. The molecule has 5 rings (SSSR count). The van der Waals surface area contributed by atoms with Crippen LogP contribution in [-0.4, -0.2) is 59.3 Å². The number of nitrogens with zero attached hydrogens (tertiary/aromatic N) is 4. The van der Waals surface area contributed by atoms with E-state index in [4.69, 9.17) is 9.72 Å². The zero-order chi connectivity index (χ0) is 29.1. The molecule has 212 valence electrons. The second-order valence-electron chi connectivity index (χ2n) is 9.74. The average Bonchev–Trinajstić information content (AvgIpc) is 2.95.